The lowest BCUT2D eigenvalue weighted by atomic mass is 10.1. The van der Waals surface area contributed by atoms with Gasteiger partial charge in [0.25, 0.3) is 0 Å². The summed E-state index contributed by atoms with van der Waals surface area (Å²) in [7, 11) is 1.76. The summed E-state index contributed by atoms with van der Waals surface area (Å²) in [5.41, 5.74) is 1.60. The first kappa shape index (κ1) is 12.9. The van der Waals surface area contributed by atoms with E-state index in [1.54, 1.807) is 19.4 Å². The van der Waals surface area contributed by atoms with Gasteiger partial charge in [0.05, 0.1) is 6.04 Å². The number of rotatable bonds is 3. The fourth-order valence-corrected chi connectivity index (χ4v) is 1.94. The van der Waals surface area contributed by atoms with Gasteiger partial charge in [0.2, 0.25) is 0 Å². The van der Waals surface area contributed by atoms with E-state index < -0.39 is 0 Å². The molecule has 0 saturated heterocycles. The van der Waals surface area contributed by atoms with Gasteiger partial charge in [0.1, 0.15) is 11.6 Å². The molecule has 0 spiro atoms. The monoisotopic (exact) mass is 265 g/mol. The molecule has 0 aliphatic heterocycles. The Balaban J connectivity index is 2.44. The van der Waals surface area contributed by atoms with E-state index in [0.29, 0.717) is 16.4 Å². The van der Waals surface area contributed by atoms with Gasteiger partial charge < -0.3 is 5.32 Å². The number of hydrogen-bond donors (Lipinski definition) is 1. The van der Waals surface area contributed by atoms with Crippen LogP contribution in [0, 0.1) is 12.7 Å². The second-order valence-electron chi connectivity index (χ2n) is 4.01. The quantitative estimate of drug-likeness (QED) is 0.927. The maximum absolute atomic E-state index is 13.3. The molecule has 94 valence electrons. The molecule has 0 aliphatic rings. The second kappa shape index (κ2) is 5.42. The van der Waals surface area contributed by atoms with Gasteiger partial charge in [-0.2, -0.15) is 0 Å². The Bertz CT molecular complexity index is 542. The molecule has 5 heteroatoms. The SMILES string of the molecule is CNC(c1ncc(C)cn1)c1cc(F)ccc1Cl. The van der Waals surface area contributed by atoms with Crippen LogP contribution >= 0.6 is 11.6 Å². The van der Waals surface area contributed by atoms with Gasteiger partial charge >= 0.3 is 0 Å². The third-order valence-electron chi connectivity index (χ3n) is 2.62. The largest absolute Gasteiger partial charge is 0.307 e. The first-order valence-corrected chi connectivity index (χ1v) is 5.90. The Morgan fingerprint density at radius 1 is 1.28 bits per heavy atom. The Hall–Kier alpha value is -1.52. The van der Waals surface area contributed by atoms with Crippen LogP contribution in [0.15, 0.2) is 30.6 Å². The first-order valence-electron chi connectivity index (χ1n) is 5.52. The lowest BCUT2D eigenvalue weighted by Gasteiger charge is -2.16. The topological polar surface area (TPSA) is 37.8 Å². The average Bonchev–Trinajstić information content (AvgIpc) is 2.37. The van der Waals surface area contributed by atoms with E-state index in [1.165, 1.54) is 18.2 Å². The summed E-state index contributed by atoms with van der Waals surface area (Å²) in [5.74, 6) is 0.234. The zero-order valence-electron chi connectivity index (χ0n) is 10.1. The third kappa shape index (κ3) is 2.66. The van der Waals surface area contributed by atoms with Gasteiger partial charge in [-0.25, -0.2) is 14.4 Å². The molecule has 1 atom stereocenters. The number of halogens is 2. The minimum absolute atomic E-state index is 0.325. The van der Waals surface area contributed by atoms with Crippen molar-refractivity contribution in [3.8, 4) is 0 Å². The van der Waals surface area contributed by atoms with Gasteiger partial charge in [0, 0.05) is 17.4 Å². The van der Waals surface area contributed by atoms with Crippen LogP contribution < -0.4 is 5.32 Å². The van der Waals surface area contributed by atoms with Crippen molar-refractivity contribution in [1.82, 2.24) is 15.3 Å². The fourth-order valence-electron chi connectivity index (χ4n) is 1.71. The minimum Gasteiger partial charge on any atom is -0.307 e. The molecule has 2 rings (SSSR count). The maximum Gasteiger partial charge on any atom is 0.149 e. The van der Waals surface area contributed by atoms with E-state index in [2.05, 4.69) is 15.3 Å². The summed E-state index contributed by atoms with van der Waals surface area (Å²) in [6.07, 6.45) is 3.44. The summed E-state index contributed by atoms with van der Waals surface area (Å²) in [4.78, 5) is 8.48. The highest BCUT2D eigenvalue weighted by atomic mass is 35.5. The number of hydrogen-bond acceptors (Lipinski definition) is 3. The summed E-state index contributed by atoms with van der Waals surface area (Å²) in [5, 5.41) is 3.53. The molecule has 1 unspecified atom stereocenters. The highest BCUT2D eigenvalue weighted by Crippen LogP contribution is 2.26. The summed E-state index contributed by atoms with van der Waals surface area (Å²) >= 11 is 6.09. The van der Waals surface area contributed by atoms with Crippen molar-refractivity contribution >= 4 is 11.6 Å². The van der Waals surface area contributed by atoms with Crippen molar-refractivity contribution in [2.45, 2.75) is 13.0 Å². The molecule has 1 aromatic heterocycles. The van der Waals surface area contributed by atoms with Crippen LogP contribution in [-0.2, 0) is 0 Å². The van der Waals surface area contributed by atoms with Gasteiger partial charge in [-0.15, -0.1) is 0 Å². The van der Waals surface area contributed by atoms with E-state index in [-0.39, 0.29) is 11.9 Å². The van der Waals surface area contributed by atoms with Gasteiger partial charge in [-0.3, -0.25) is 0 Å². The standard InChI is InChI=1S/C13H13ClFN3/c1-8-6-17-13(18-7-8)12(16-2)10-5-9(15)3-4-11(10)14/h3-7,12,16H,1-2H3. The van der Waals surface area contributed by atoms with Crippen molar-refractivity contribution in [1.29, 1.82) is 0 Å². The predicted molar refractivity (Wildman–Crippen MR) is 69.1 cm³/mol. The van der Waals surface area contributed by atoms with Crippen molar-refractivity contribution in [2.75, 3.05) is 7.05 Å². The summed E-state index contributed by atoms with van der Waals surface area (Å²) in [6.45, 7) is 1.91. The first-order chi connectivity index (χ1) is 8.61. The van der Waals surface area contributed by atoms with Gasteiger partial charge in [-0.1, -0.05) is 11.6 Å². The highest BCUT2D eigenvalue weighted by molar-refractivity contribution is 6.31. The zero-order chi connectivity index (χ0) is 13.1. The Morgan fingerprint density at radius 2 is 1.94 bits per heavy atom. The highest BCUT2D eigenvalue weighted by Gasteiger charge is 2.18. The lowest BCUT2D eigenvalue weighted by molar-refractivity contribution is 0.608. The fraction of sp³-hybridized carbons (Fsp3) is 0.231. The average molecular weight is 266 g/mol. The lowest BCUT2D eigenvalue weighted by Crippen LogP contribution is -2.20. The van der Waals surface area contributed by atoms with Crippen molar-refractivity contribution < 1.29 is 4.39 Å². The second-order valence-corrected chi connectivity index (χ2v) is 4.41. The Kier molecular flexibility index (Phi) is 3.89. The molecule has 0 aliphatic carbocycles. The van der Waals surface area contributed by atoms with Crippen molar-refractivity contribution in [2.24, 2.45) is 0 Å². The van der Waals surface area contributed by atoms with E-state index in [9.17, 15) is 4.39 Å². The number of aryl methyl sites for hydroxylation is 1. The number of nitrogens with zero attached hydrogens (tertiary/aromatic N) is 2. The molecule has 1 heterocycles. The van der Waals surface area contributed by atoms with Crippen LogP contribution in [0.3, 0.4) is 0 Å². The van der Waals surface area contributed by atoms with E-state index in [4.69, 9.17) is 11.6 Å². The smallest absolute Gasteiger partial charge is 0.149 e. The predicted octanol–water partition coefficient (Wildman–Crippen LogP) is 2.89. The van der Waals surface area contributed by atoms with Crippen LogP contribution in [0.2, 0.25) is 5.02 Å². The van der Waals surface area contributed by atoms with Crippen LogP contribution in [0.5, 0.6) is 0 Å². The molecule has 0 fully saturated rings. The number of aromatic nitrogens is 2. The molecular formula is C13H13ClFN3. The number of benzene rings is 1. The zero-order valence-corrected chi connectivity index (χ0v) is 10.9. The summed E-state index contributed by atoms with van der Waals surface area (Å²) in [6, 6.07) is 3.93. The third-order valence-corrected chi connectivity index (χ3v) is 2.96. The Morgan fingerprint density at radius 3 is 2.56 bits per heavy atom. The maximum atomic E-state index is 13.3. The molecule has 1 aromatic carbocycles. The molecule has 2 aromatic rings. The molecule has 3 nitrogen and oxygen atoms in total. The van der Waals surface area contributed by atoms with Crippen LogP contribution in [-0.4, -0.2) is 17.0 Å². The number of nitrogens with one attached hydrogen (secondary N) is 1. The van der Waals surface area contributed by atoms with Gasteiger partial charge in [0.15, 0.2) is 0 Å². The van der Waals surface area contributed by atoms with Crippen LogP contribution in [0.25, 0.3) is 0 Å². The molecule has 0 amide bonds. The van der Waals surface area contributed by atoms with Crippen LogP contribution in [0.1, 0.15) is 23.0 Å². The van der Waals surface area contributed by atoms with E-state index in [1.807, 2.05) is 6.92 Å². The summed E-state index contributed by atoms with van der Waals surface area (Å²) < 4.78 is 13.3. The molecular weight excluding hydrogens is 253 g/mol. The molecule has 0 saturated carbocycles. The van der Waals surface area contributed by atoms with E-state index in [0.717, 1.165) is 5.56 Å². The van der Waals surface area contributed by atoms with Crippen LogP contribution in [0.4, 0.5) is 4.39 Å². The molecule has 0 radical (unpaired) electrons. The minimum atomic E-state index is -0.332. The molecule has 18 heavy (non-hydrogen) atoms. The van der Waals surface area contributed by atoms with Crippen molar-refractivity contribution in [3.05, 3.63) is 58.4 Å². The molecule has 1 N–H and O–H groups in total. The van der Waals surface area contributed by atoms with Crippen molar-refractivity contribution in [3.63, 3.8) is 0 Å². The van der Waals surface area contributed by atoms with E-state index >= 15 is 0 Å². The van der Waals surface area contributed by atoms with Gasteiger partial charge in [-0.05, 0) is 43.3 Å². The normalized spacial score (nSPS) is 12.4. The Labute approximate surface area is 110 Å². The molecule has 0 bridgehead atoms.